The molecular formula is C20H21O3PS. The third-order valence-electron chi connectivity index (χ3n) is 4.71. The Hall–Kier alpha value is -1.45. The Kier molecular flexibility index (Phi) is 4.55. The van der Waals surface area contributed by atoms with E-state index in [4.69, 9.17) is 4.52 Å². The molecule has 1 atom stereocenters. The molecule has 0 fully saturated rings. The number of hydrogen-bond donors (Lipinski definition) is 1. The fourth-order valence-corrected chi connectivity index (χ4v) is 6.06. The molecule has 3 nitrogen and oxygen atoms in total. The minimum Gasteiger partial charge on any atom is -0.324 e. The summed E-state index contributed by atoms with van der Waals surface area (Å²) in [4.78, 5) is 11.4. The Balaban J connectivity index is 1.97. The Bertz CT molecular complexity index is 959. The summed E-state index contributed by atoms with van der Waals surface area (Å²) in [5.74, 6) is 0. The molecule has 25 heavy (non-hydrogen) atoms. The summed E-state index contributed by atoms with van der Waals surface area (Å²) in [6, 6.07) is 14.7. The first kappa shape index (κ1) is 17.0. The van der Waals surface area contributed by atoms with Crippen LogP contribution >= 0.6 is 18.9 Å². The zero-order valence-corrected chi connectivity index (χ0v) is 15.9. The van der Waals surface area contributed by atoms with Gasteiger partial charge in [-0.3, -0.25) is 4.57 Å². The van der Waals surface area contributed by atoms with Crippen molar-refractivity contribution in [2.24, 2.45) is 0 Å². The lowest BCUT2D eigenvalue weighted by molar-refractivity contribution is 0.252. The maximum atomic E-state index is 12.6. The van der Waals surface area contributed by atoms with Gasteiger partial charge in [0, 0.05) is 15.0 Å². The van der Waals surface area contributed by atoms with E-state index in [0.717, 1.165) is 40.7 Å². The van der Waals surface area contributed by atoms with Crippen LogP contribution in [-0.4, -0.2) is 11.5 Å². The third kappa shape index (κ3) is 3.45. The monoisotopic (exact) mass is 372 g/mol. The number of hydrogen-bond acceptors (Lipinski definition) is 3. The summed E-state index contributed by atoms with van der Waals surface area (Å²) in [5, 5.41) is 1.16. The van der Waals surface area contributed by atoms with Gasteiger partial charge in [-0.2, -0.15) is 0 Å². The molecule has 1 N–H and O–H groups in total. The largest absolute Gasteiger partial charge is 0.332 e. The van der Waals surface area contributed by atoms with Gasteiger partial charge in [-0.1, -0.05) is 42.0 Å². The Morgan fingerprint density at radius 3 is 2.72 bits per heavy atom. The van der Waals surface area contributed by atoms with Crippen LogP contribution in [0.25, 0.3) is 20.5 Å². The van der Waals surface area contributed by atoms with E-state index in [1.807, 2.05) is 0 Å². The molecule has 0 aliphatic carbocycles. The van der Waals surface area contributed by atoms with Crippen molar-refractivity contribution in [3.63, 3.8) is 0 Å². The van der Waals surface area contributed by atoms with Crippen LogP contribution in [0.3, 0.4) is 0 Å². The van der Waals surface area contributed by atoms with E-state index in [1.54, 1.807) is 11.3 Å². The zero-order chi connectivity index (χ0) is 17.4. The van der Waals surface area contributed by atoms with Gasteiger partial charge in [0.25, 0.3) is 0 Å². The second kappa shape index (κ2) is 6.69. The molecular weight excluding hydrogens is 351 g/mol. The van der Waals surface area contributed by atoms with Gasteiger partial charge in [-0.15, -0.1) is 11.3 Å². The molecule has 1 aliphatic heterocycles. The SMILES string of the molecule is Cc1ccc(-c2sc3cccc4c3c2CP(=O)(O)OCCCC4)cc1. The number of thiophene rings is 1. The summed E-state index contributed by atoms with van der Waals surface area (Å²) in [6.07, 6.45) is 2.83. The molecule has 0 saturated carbocycles. The molecule has 0 radical (unpaired) electrons. The number of aryl methyl sites for hydroxylation is 2. The van der Waals surface area contributed by atoms with Crippen molar-refractivity contribution in [1.29, 1.82) is 0 Å². The molecule has 2 aromatic carbocycles. The van der Waals surface area contributed by atoms with Crippen LogP contribution in [0.15, 0.2) is 42.5 Å². The Morgan fingerprint density at radius 2 is 1.92 bits per heavy atom. The van der Waals surface area contributed by atoms with Gasteiger partial charge in [0.2, 0.25) is 0 Å². The fraction of sp³-hybridized carbons (Fsp3) is 0.300. The molecule has 130 valence electrons. The first-order valence-electron chi connectivity index (χ1n) is 8.60. The number of rotatable bonds is 1. The standard InChI is InChI=1S/C20H21O3PS/c1-14-8-10-16(11-9-14)20-17-13-24(21,22)23-12-3-2-5-15-6-4-7-18(25-20)19(15)17/h4,6-11H,2-3,5,12-13H2,1H3,(H,21,22). The highest BCUT2D eigenvalue weighted by atomic mass is 32.1. The molecule has 0 amide bonds. The summed E-state index contributed by atoms with van der Waals surface area (Å²) in [7, 11) is -3.64. The lowest BCUT2D eigenvalue weighted by Gasteiger charge is -2.16. The third-order valence-corrected chi connectivity index (χ3v) is 7.25. The Labute approximate surface area is 151 Å². The quantitative estimate of drug-likeness (QED) is 0.540. The van der Waals surface area contributed by atoms with Crippen LogP contribution in [-0.2, 0) is 21.7 Å². The fourth-order valence-electron chi connectivity index (χ4n) is 3.46. The average molecular weight is 372 g/mol. The second-order valence-electron chi connectivity index (χ2n) is 6.65. The van der Waals surface area contributed by atoms with E-state index in [9.17, 15) is 9.46 Å². The van der Waals surface area contributed by atoms with Crippen LogP contribution in [0, 0.1) is 6.92 Å². The first-order valence-corrected chi connectivity index (χ1v) is 11.2. The smallest absolute Gasteiger partial charge is 0.324 e. The van der Waals surface area contributed by atoms with Gasteiger partial charge in [-0.25, -0.2) is 0 Å². The van der Waals surface area contributed by atoms with Gasteiger partial charge in [-0.05, 0) is 48.9 Å². The molecule has 0 bridgehead atoms. The van der Waals surface area contributed by atoms with E-state index < -0.39 is 7.60 Å². The van der Waals surface area contributed by atoms with Gasteiger partial charge in [0.05, 0.1) is 12.8 Å². The van der Waals surface area contributed by atoms with Crippen molar-refractivity contribution < 1.29 is 14.0 Å². The molecule has 1 aliphatic rings. The molecule has 0 spiro atoms. The maximum absolute atomic E-state index is 12.6. The van der Waals surface area contributed by atoms with Crippen molar-refractivity contribution in [2.45, 2.75) is 32.3 Å². The minimum atomic E-state index is -3.64. The highest BCUT2D eigenvalue weighted by Crippen LogP contribution is 2.52. The van der Waals surface area contributed by atoms with Crippen molar-refractivity contribution in [3.8, 4) is 10.4 Å². The van der Waals surface area contributed by atoms with Gasteiger partial charge in [0.1, 0.15) is 0 Å². The van der Waals surface area contributed by atoms with Crippen LogP contribution in [0.4, 0.5) is 0 Å². The van der Waals surface area contributed by atoms with Crippen molar-refractivity contribution in [2.75, 3.05) is 6.61 Å². The summed E-state index contributed by atoms with van der Waals surface area (Å²) < 4.78 is 19.1. The molecule has 1 unspecified atom stereocenters. The topological polar surface area (TPSA) is 46.5 Å². The molecule has 4 rings (SSSR count). The van der Waals surface area contributed by atoms with Crippen LogP contribution in [0.5, 0.6) is 0 Å². The molecule has 5 heteroatoms. The van der Waals surface area contributed by atoms with Crippen LogP contribution in [0.1, 0.15) is 29.5 Å². The predicted octanol–water partition coefficient (Wildman–Crippen LogP) is 5.92. The van der Waals surface area contributed by atoms with Gasteiger partial charge >= 0.3 is 7.60 Å². The highest BCUT2D eigenvalue weighted by Gasteiger charge is 2.27. The summed E-state index contributed by atoms with van der Waals surface area (Å²) in [5.41, 5.74) is 4.55. The maximum Gasteiger partial charge on any atom is 0.332 e. The summed E-state index contributed by atoms with van der Waals surface area (Å²) >= 11 is 1.71. The lowest BCUT2D eigenvalue weighted by Crippen LogP contribution is -2.01. The van der Waals surface area contributed by atoms with E-state index in [-0.39, 0.29) is 6.16 Å². The molecule has 0 saturated heterocycles. The van der Waals surface area contributed by atoms with Gasteiger partial charge < -0.3 is 9.42 Å². The van der Waals surface area contributed by atoms with E-state index in [0.29, 0.717) is 6.61 Å². The molecule has 3 aromatic rings. The molecule has 1 aromatic heterocycles. The van der Waals surface area contributed by atoms with Gasteiger partial charge in [0.15, 0.2) is 0 Å². The minimum absolute atomic E-state index is 0.0766. The molecule has 2 heterocycles. The van der Waals surface area contributed by atoms with E-state index >= 15 is 0 Å². The second-order valence-corrected chi connectivity index (χ2v) is 9.55. The normalized spacial score (nSPS) is 21.4. The van der Waals surface area contributed by atoms with Crippen LogP contribution in [0.2, 0.25) is 0 Å². The summed E-state index contributed by atoms with van der Waals surface area (Å²) in [6.45, 7) is 2.42. The first-order chi connectivity index (χ1) is 12.0. The zero-order valence-electron chi connectivity index (χ0n) is 14.2. The van der Waals surface area contributed by atoms with Crippen molar-refractivity contribution >= 4 is 29.0 Å². The highest BCUT2D eigenvalue weighted by molar-refractivity contribution is 7.52. The lowest BCUT2D eigenvalue weighted by atomic mass is 9.99. The Morgan fingerprint density at radius 1 is 1.12 bits per heavy atom. The average Bonchev–Trinajstić information content (AvgIpc) is 2.93. The van der Waals surface area contributed by atoms with Crippen LogP contribution < -0.4 is 0 Å². The van der Waals surface area contributed by atoms with E-state index in [1.165, 1.54) is 15.8 Å². The predicted molar refractivity (Wildman–Crippen MR) is 104 cm³/mol. The van der Waals surface area contributed by atoms with Crippen molar-refractivity contribution in [1.82, 2.24) is 0 Å². The number of benzene rings is 2. The van der Waals surface area contributed by atoms with E-state index in [2.05, 4.69) is 49.4 Å². The van der Waals surface area contributed by atoms with Crippen molar-refractivity contribution in [3.05, 3.63) is 59.2 Å².